The van der Waals surface area contributed by atoms with Crippen LogP contribution in [0.25, 0.3) is 0 Å². The number of anilines is 1. The smallest absolute Gasteiger partial charge is 0.312 e. The van der Waals surface area contributed by atoms with E-state index in [4.69, 9.17) is 9.47 Å². The molecule has 2 aromatic rings. The first-order valence-electron chi connectivity index (χ1n) is 14.6. The summed E-state index contributed by atoms with van der Waals surface area (Å²) in [5.41, 5.74) is 1.07. The van der Waals surface area contributed by atoms with E-state index in [1.807, 2.05) is 69.3 Å². The molecule has 0 aliphatic carbocycles. The number of likely N-dealkylation sites (tertiary alicyclic amines) is 1. The van der Waals surface area contributed by atoms with E-state index in [1.165, 1.54) is 4.90 Å². The number of aliphatic hydroxyl groups is 1. The number of nitrogens with zero attached hydrogens (tertiary/aromatic N) is 2. The zero-order chi connectivity index (χ0) is 30.2. The van der Waals surface area contributed by atoms with Crippen molar-refractivity contribution in [3.8, 4) is 0 Å². The number of hydrogen-bond donors (Lipinski definition) is 1. The second kappa shape index (κ2) is 11.5. The van der Waals surface area contributed by atoms with Gasteiger partial charge in [-0.15, -0.1) is 13.2 Å². The summed E-state index contributed by atoms with van der Waals surface area (Å²) in [6.07, 6.45) is 4.73. The Balaban J connectivity index is 1.66. The van der Waals surface area contributed by atoms with E-state index in [0.717, 1.165) is 11.1 Å². The van der Waals surface area contributed by atoms with Gasteiger partial charge in [0.1, 0.15) is 17.6 Å². The molecular weight excluding hydrogens is 532 g/mol. The van der Waals surface area contributed by atoms with E-state index < -0.39 is 47.7 Å². The Hall–Kier alpha value is -3.75. The molecule has 0 radical (unpaired) electrons. The number of benzene rings is 2. The number of fused-ring (bicyclic) bond motifs is 1. The van der Waals surface area contributed by atoms with Crippen molar-refractivity contribution in [3.63, 3.8) is 0 Å². The molecule has 42 heavy (non-hydrogen) atoms. The van der Waals surface area contributed by atoms with Gasteiger partial charge in [0.05, 0.1) is 30.8 Å². The molecule has 3 aliphatic heterocycles. The summed E-state index contributed by atoms with van der Waals surface area (Å²) in [5, 5.41) is 10.7. The van der Waals surface area contributed by atoms with Gasteiger partial charge in [-0.1, -0.05) is 54.6 Å². The van der Waals surface area contributed by atoms with E-state index in [1.54, 1.807) is 17.1 Å². The van der Waals surface area contributed by atoms with Crippen LogP contribution in [0, 0.1) is 25.7 Å². The molecule has 3 fully saturated rings. The van der Waals surface area contributed by atoms with Gasteiger partial charge in [0.2, 0.25) is 5.91 Å². The Labute approximate surface area is 247 Å². The van der Waals surface area contributed by atoms with Crippen molar-refractivity contribution in [2.45, 2.75) is 63.3 Å². The lowest BCUT2D eigenvalue weighted by Gasteiger charge is -2.40. The number of rotatable bonds is 11. The van der Waals surface area contributed by atoms with Gasteiger partial charge >= 0.3 is 5.97 Å². The maximum atomic E-state index is 14.9. The molecular formula is C34H40N2O6. The third-order valence-electron chi connectivity index (χ3n) is 9.19. The highest BCUT2D eigenvalue weighted by Crippen LogP contribution is 2.64. The van der Waals surface area contributed by atoms with Crippen molar-refractivity contribution in [1.82, 2.24) is 4.90 Å². The molecule has 8 nitrogen and oxygen atoms in total. The molecule has 3 heterocycles. The number of aryl methyl sites for hydroxylation is 2. The van der Waals surface area contributed by atoms with Crippen LogP contribution >= 0.6 is 0 Å². The first-order valence-corrected chi connectivity index (χ1v) is 14.6. The van der Waals surface area contributed by atoms with Crippen molar-refractivity contribution >= 4 is 23.5 Å². The molecule has 5 rings (SSSR count). The van der Waals surface area contributed by atoms with Crippen LogP contribution in [0.4, 0.5) is 5.69 Å². The van der Waals surface area contributed by atoms with E-state index in [-0.39, 0.29) is 25.0 Å². The predicted octanol–water partition coefficient (Wildman–Crippen LogP) is 4.44. The van der Waals surface area contributed by atoms with Crippen LogP contribution in [-0.4, -0.2) is 64.8 Å². The summed E-state index contributed by atoms with van der Waals surface area (Å²) in [6.45, 7) is 13.3. The molecule has 8 heteroatoms. The van der Waals surface area contributed by atoms with Gasteiger partial charge < -0.3 is 24.4 Å². The number of esters is 1. The van der Waals surface area contributed by atoms with Crippen molar-refractivity contribution in [2.24, 2.45) is 11.8 Å². The highest BCUT2D eigenvalue weighted by atomic mass is 16.6. The molecule has 3 aliphatic rings. The lowest BCUT2D eigenvalue weighted by Crippen LogP contribution is -2.57. The maximum Gasteiger partial charge on any atom is 0.312 e. The minimum atomic E-state index is -1.26. The number of carbonyl (C=O) groups is 3. The Morgan fingerprint density at radius 2 is 1.90 bits per heavy atom. The second-order valence-corrected chi connectivity index (χ2v) is 11.9. The molecule has 222 valence electrons. The second-order valence-electron chi connectivity index (χ2n) is 11.9. The topological polar surface area (TPSA) is 96.4 Å². The molecule has 2 amide bonds. The molecule has 0 saturated carbocycles. The number of amides is 2. The molecule has 0 aromatic heterocycles. The van der Waals surface area contributed by atoms with E-state index in [9.17, 15) is 19.5 Å². The van der Waals surface area contributed by atoms with Gasteiger partial charge in [0.25, 0.3) is 5.91 Å². The molecule has 1 spiro atoms. The van der Waals surface area contributed by atoms with Crippen LogP contribution in [0.1, 0.15) is 48.9 Å². The monoisotopic (exact) mass is 572 g/mol. The van der Waals surface area contributed by atoms with Gasteiger partial charge in [-0.2, -0.15) is 0 Å². The van der Waals surface area contributed by atoms with Crippen LogP contribution in [0.5, 0.6) is 0 Å². The third-order valence-corrected chi connectivity index (χ3v) is 9.19. The summed E-state index contributed by atoms with van der Waals surface area (Å²) in [6, 6.07) is 13.2. The fourth-order valence-electron chi connectivity index (χ4n) is 7.29. The largest absolute Gasteiger partial charge is 0.465 e. The molecule has 2 unspecified atom stereocenters. The Morgan fingerprint density at radius 3 is 2.57 bits per heavy atom. The van der Waals surface area contributed by atoms with Crippen molar-refractivity contribution < 1.29 is 29.0 Å². The van der Waals surface area contributed by atoms with Gasteiger partial charge in [-0.05, 0) is 62.8 Å². The van der Waals surface area contributed by atoms with Crippen LogP contribution in [0.2, 0.25) is 0 Å². The summed E-state index contributed by atoms with van der Waals surface area (Å²) in [5.74, 6) is -3.04. The fraction of sp³-hybridized carbons (Fsp3) is 0.441. The normalized spacial score (nSPS) is 28.3. The molecule has 6 atom stereocenters. The van der Waals surface area contributed by atoms with Crippen molar-refractivity contribution in [1.29, 1.82) is 0 Å². The zero-order valence-corrected chi connectivity index (χ0v) is 24.6. The lowest BCUT2D eigenvalue weighted by atomic mass is 9.66. The van der Waals surface area contributed by atoms with E-state index in [2.05, 4.69) is 13.2 Å². The predicted molar refractivity (Wildman–Crippen MR) is 160 cm³/mol. The first kappa shape index (κ1) is 29.7. The quantitative estimate of drug-likeness (QED) is 0.243. The Morgan fingerprint density at radius 1 is 1.17 bits per heavy atom. The summed E-state index contributed by atoms with van der Waals surface area (Å²) in [4.78, 5) is 46.2. The summed E-state index contributed by atoms with van der Waals surface area (Å²) >= 11 is 0. The number of ether oxygens (including phenoxy) is 2. The van der Waals surface area contributed by atoms with Crippen LogP contribution < -0.4 is 4.90 Å². The first-order chi connectivity index (χ1) is 20.1. The van der Waals surface area contributed by atoms with Gasteiger partial charge in [0.15, 0.2) is 0 Å². The summed E-state index contributed by atoms with van der Waals surface area (Å²) in [7, 11) is 0. The van der Waals surface area contributed by atoms with Crippen LogP contribution in [-0.2, 0) is 23.9 Å². The fourth-order valence-corrected chi connectivity index (χ4v) is 7.29. The van der Waals surface area contributed by atoms with Crippen molar-refractivity contribution in [2.75, 3.05) is 24.7 Å². The molecule has 3 saturated heterocycles. The van der Waals surface area contributed by atoms with Gasteiger partial charge in [-0.25, -0.2) is 0 Å². The Bertz CT molecular complexity index is 1390. The zero-order valence-electron chi connectivity index (χ0n) is 24.6. The minimum Gasteiger partial charge on any atom is -0.465 e. The average molecular weight is 573 g/mol. The molecule has 2 bridgehead atoms. The highest BCUT2D eigenvalue weighted by molar-refractivity contribution is 6.05. The third kappa shape index (κ3) is 4.67. The van der Waals surface area contributed by atoms with E-state index in [0.29, 0.717) is 30.5 Å². The van der Waals surface area contributed by atoms with Gasteiger partial charge in [0, 0.05) is 12.2 Å². The number of carbonyl (C=O) groups excluding carboxylic acids is 3. The van der Waals surface area contributed by atoms with Crippen LogP contribution in [0.15, 0.2) is 73.8 Å². The van der Waals surface area contributed by atoms with Crippen molar-refractivity contribution in [3.05, 3.63) is 90.5 Å². The SMILES string of the molecule is C=CCCOC(=O)[C@@H]1[C@H]2C(=O)N([C@H](CO)c3ccccc3)C(C(=O)N(CC=C)c3cc(C)ccc3C)C23CC[C@@]1(C)O3. The highest BCUT2D eigenvalue weighted by Gasteiger charge is 2.79. The number of hydrogen-bond acceptors (Lipinski definition) is 6. The van der Waals surface area contributed by atoms with E-state index >= 15 is 0 Å². The molecule has 1 N–H and O–H groups in total. The van der Waals surface area contributed by atoms with Crippen LogP contribution in [0.3, 0.4) is 0 Å². The standard InChI is InChI=1S/C34H40N2O6/c1-6-8-19-41-32(40)28-27-30(38)36(26(21-37)24-12-10-9-11-13-24)29(34(27)17-16-33(28,5)42-34)31(39)35(18-7-2)25-20-22(3)14-15-23(25)4/h6-7,9-15,20,26-29,37H,1-2,8,16-19,21H2,3-5H3/t26-,27+,28+,29?,33-,34?/m1/s1. The maximum absolute atomic E-state index is 14.9. The number of aliphatic hydroxyl groups excluding tert-OH is 1. The average Bonchev–Trinajstić information content (AvgIpc) is 3.55. The minimum absolute atomic E-state index is 0.151. The van der Waals surface area contributed by atoms with Gasteiger partial charge in [-0.3, -0.25) is 14.4 Å². The lowest BCUT2D eigenvalue weighted by molar-refractivity contribution is -0.160. The summed E-state index contributed by atoms with van der Waals surface area (Å²) < 4.78 is 12.4. The molecule has 2 aromatic carbocycles. The Kier molecular flexibility index (Phi) is 8.14.